The van der Waals surface area contributed by atoms with Crippen molar-refractivity contribution in [3.63, 3.8) is 0 Å². The fourth-order valence-corrected chi connectivity index (χ4v) is 5.20. The van der Waals surface area contributed by atoms with Gasteiger partial charge in [-0.2, -0.15) is 0 Å². The Morgan fingerprint density at radius 3 is 2.72 bits per heavy atom. The summed E-state index contributed by atoms with van der Waals surface area (Å²) in [5.41, 5.74) is 2.41. The second-order valence-electron chi connectivity index (χ2n) is 9.39. The Morgan fingerprint density at radius 1 is 1.14 bits per heavy atom. The number of hydrogen-bond donors (Lipinski definition) is 1. The van der Waals surface area contributed by atoms with Gasteiger partial charge >= 0.3 is 0 Å². The molecule has 0 spiro atoms. The second kappa shape index (κ2) is 8.39. The van der Waals surface area contributed by atoms with E-state index >= 15 is 0 Å². The predicted molar refractivity (Wildman–Crippen MR) is 117 cm³/mol. The van der Waals surface area contributed by atoms with E-state index in [4.69, 9.17) is 9.47 Å². The first-order valence-corrected chi connectivity index (χ1v) is 11.1. The van der Waals surface area contributed by atoms with Gasteiger partial charge in [0.25, 0.3) is 0 Å². The van der Waals surface area contributed by atoms with Gasteiger partial charge in [-0.15, -0.1) is 0 Å². The lowest BCUT2D eigenvalue weighted by molar-refractivity contribution is -0.0310. The number of aliphatic hydroxyl groups excluding tert-OH is 1. The first kappa shape index (κ1) is 20.3. The summed E-state index contributed by atoms with van der Waals surface area (Å²) < 4.78 is 12.6. The zero-order valence-electron chi connectivity index (χ0n) is 17.9. The van der Waals surface area contributed by atoms with E-state index in [0.29, 0.717) is 11.8 Å². The highest BCUT2D eigenvalue weighted by Crippen LogP contribution is 2.52. The molecule has 1 aliphatic heterocycles. The molecule has 2 aromatic rings. The first-order chi connectivity index (χ1) is 13.9. The largest absolute Gasteiger partial charge is 0.491 e. The van der Waals surface area contributed by atoms with Gasteiger partial charge in [0.05, 0.1) is 12.2 Å². The monoisotopic (exact) mass is 394 g/mol. The molecule has 1 N–H and O–H groups in total. The van der Waals surface area contributed by atoms with Crippen LogP contribution < -0.4 is 9.47 Å². The lowest BCUT2D eigenvalue weighted by Gasteiger charge is -2.48. The Bertz CT molecular complexity index is 814. The molecule has 1 heterocycles. The van der Waals surface area contributed by atoms with Crippen LogP contribution in [-0.2, 0) is 6.42 Å². The quantitative estimate of drug-likeness (QED) is 0.664. The van der Waals surface area contributed by atoms with Gasteiger partial charge in [0.2, 0.25) is 0 Å². The number of rotatable bonds is 6. The Morgan fingerprint density at radius 2 is 1.93 bits per heavy atom. The highest BCUT2D eigenvalue weighted by atomic mass is 16.5. The smallest absolute Gasteiger partial charge is 0.127 e. The summed E-state index contributed by atoms with van der Waals surface area (Å²) in [6.07, 6.45) is 5.93. The van der Waals surface area contributed by atoms with Crippen LogP contribution in [0.25, 0.3) is 0 Å². The summed E-state index contributed by atoms with van der Waals surface area (Å²) in [5.74, 6) is 2.64. The average molecular weight is 395 g/mol. The van der Waals surface area contributed by atoms with Crippen LogP contribution in [0.5, 0.6) is 11.5 Å². The maximum atomic E-state index is 10.2. The van der Waals surface area contributed by atoms with Crippen molar-refractivity contribution in [2.45, 2.75) is 83.0 Å². The third-order valence-electron chi connectivity index (χ3n) is 6.73. The number of benzene rings is 2. The van der Waals surface area contributed by atoms with Crippen molar-refractivity contribution in [1.82, 2.24) is 0 Å². The topological polar surface area (TPSA) is 38.7 Å². The molecule has 1 fully saturated rings. The van der Waals surface area contributed by atoms with Crippen LogP contribution in [-0.4, -0.2) is 22.9 Å². The summed E-state index contributed by atoms with van der Waals surface area (Å²) in [6.45, 7) is 6.51. The molecule has 2 aromatic carbocycles. The van der Waals surface area contributed by atoms with Crippen LogP contribution in [0.1, 0.15) is 69.9 Å². The van der Waals surface area contributed by atoms with E-state index in [2.05, 4.69) is 69.3 Å². The minimum Gasteiger partial charge on any atom is -0.491 e. The lowest BCUT2D eigenvalue weighted by Crippen LogP contribution is -2.47. The van der Waals surface area contributed by atoms with Gasteiger partial charge in [-0.05, 0) is 82.4 Å². The van der Waals surface area contributed by atoms with E-state index < -0.39 is 0 Å². The molecule has 4 atom stereocenters. The highest BCUT2D eigenvalue weighted by Gasteiger charge is 2.46. The summed E-state index contributed by atoms with van der Waals surface area (Å²) in [4.78, 5) is 0. The zero-order chi connectivity index (χ0) is 20.4. The van der Waals surface area contributed by atoms with Gasteiger partial charge in [0.1, 0.15) is 17.1 Å². The van der Waals surface area contributed by atoms with Crippen molar-refractivity contribution in [2.75, 3.05) is 0 Å². The number of hydrogen-bond acceptors (Lipinski definition) is 3. The molecular formula is C26H34O3. The molecule has 29 heavy (non-hydrogen) atoms. The van der Waals surface area contributed by atoms with Crippen LogP contribution in [0.4, 0.5) is 0 Å². The molecule has 3 heteroatoms. The minimum absolute atomic E-state index is 0.164. The maximum absolute atomic E-state index is 10.2. The van der Waals surface area contributed by atoms with Crippen molar-refractivity contribution in [3.05, 3.63) is 59.7 Å². The van der Waals surface area contributed by atoms with Crippen molar-refractivity contribution in [1.29, 1.82) is 0 Å². The molecule has 1 saturated carbocycles. The zero-order valence-corrected chi connectivity index (χ0v) is 17.9. The highest BCUT2D eigenvalue weighted by molar-refractivity contribution is 5.45. The summed E-state index contributed by atoms with van der Waals surface area (Å²) >= 11 is 0. The molecule has 1 aliphatic carbocycles. The molecule has 0 bridgehead atoms. The number of aliphatic hydroxyl groups is 1. The van der Waals surface area contributed by atoms with Crippen LogP contribution in [0, 0.1) is 5.92 Å². The third kappa shape index (κ3) is 4.61. The van der Waals surface area contributed by atoms with Gasteiger partial charge in [-0.3, -0.25) is 0 Å². The number of ether oxygens (including phenoxy) is 2. The molecule has 0 radical (unpaired) electrons. The Labute approximate surface area is 175 Å². The van der Waals surface area contributed by atoms with Crippen molar-refractivity contribution >= 4 is 0 Å². The van der Waals surface area contributed by atoms with Gasteiger partial charge < -0.3 is 14.6 Å². The Hall–Kier alpha value is -2.00. The predicted octanol–water partition coefficient (Wildman–Crippen LogP) is 5.89. The molecule has 4 unspecified atom stereocenters. The van der Waals surface area contributed by atoms with E-state index in [9.17, 15) is 5.11 Å². The fraction of sp³-hybridized carbons (Fsp3) is 0.538. The number of aryl methyl sites for hydroxylation is 1. The van der Waals surface area contributed by atoms with Crippen LogP contribution in [0.15, 0.2) is 48.5 Å². The van der Waals surface area contributed by atoms with Gasteiger partial charge in [0, 0.05) is 12.0 Å². The van der Waals surface area contributed by atoms with Crippen molar-refractivity contribution in [3.8, 4) is 11.5 Å². The molecule has 156 valence electrons. The van der Waals surface area contributed by atoms with Gasteiger partial charge in [-0.1, -0.05) is 36.4 Å². The Kier molecular flexibility index (Phi) is 5.87. The SMILES string of the molecule is CC(CCCc1ccccc1)Oc1ccc2c(c1)OC(C)(C)C1CCC(O)CC21. The average Bonchev–Trinajstić information content (AvgIpc) is 2.68. The normalized spacial score (nSPS) is 26.0. The molecule has 0 saturated heterocycles. The van der Waals surface area contributed by atoms with Crippen molar-refractivity contribution < 1.29 is 14.6 Å². The van der Waals surface area contributed by atoms with Crippen molar-refractivity contribution in [2.24, 2.45) is 5.92 Å². The van der Waals surface area contributed by atoms with Crippen LogP contribution in [0.2, 0.25) is 0 Å². The molecule has 0 aromatic heterocycles. The Balaban J connectivity index is 1.40. The molecule has 0 amide bonds. The van der Waals surface area contributed by atoms with Crippen LogP contribution >= 0.6 is 0 Å². The number of fused-ring (bicyclic) bond motifs is 3. The standard InChI is InChI=1S/C26H34O3/c1-18(8-7-11-19-9-5-4-6-10-19)28-21-13-14-22-23-16-20(27)12-15-24(23)26(2,3)29-25(22)17-21/h4-6,9-10,13-14,17-18,20,23-24,27H,7-8,11-12,15-16H2,1-3H3. The summed E-state index contributed by atoms with van der Waals surface area (Å²) in [5, 5.41) is 10.2. The first-order valence-electron chi connectivity index (χ1n) is 11.1. The third-order valence-corrected chi connectivity index (χ3v) is 6.73. The lowest BCUT2D eigenvalue weighted by atomic mass is 9.66. The van der Waals surface area contributed by atoms with Gasteiger partial charge in [-0.25, -0.2) is 0 Å². The summed E-state index contributed by atoms with van der Waals surface area (Å²) in [7, 11) is 0. The molecular weight excluding hydrogens is 360 g/mol. The minimum atomic E-state index is -0.211. The van der Waals surface area contributed by atoms with Crippen LogP contribution in [0.3, 0.4) is 0 Å². The summed E-state index contributed by atoms with van der Waals surface area (Å²) in [6, 6.07) is 16.9. The fourth-order valence-electron chi connectivity index (χ4n) is 5.20. The van der Waals surface area contributed by atoms with Gasteiger partial charge in [0.15, 0.2) is 0 Å². The van der Waals surface area contributed by atoms with E-state index in [0.717, 1.165) is 50.0 Å². The van der Waals surface area contributed by atoms with E-state index in [1.807, 2.05) is 0 Å². The van der Waals surface area contributed by atoms with E-state index in [1.165, 1.54) is 11.1 Å². The molecule has 2 aliphatic rings. The van der Waals surface area contributed by atoms with E-state index in [1.54, 1.807) is 0 Å². The maximum Gasteiger partial charge on any atom is 0.127 e. The molecule has 4 rings (SSSR count). The second-order valence-corrected chi connectivity index (χ2v) is 9.39. The molecule has 3 nitrogen and oxygen atoms in total. The van der Waals surface area contributed by atoms with E-state index in [-0.39, 0.29) is 17.8 Å².